The molecule has 1 fully saturated rings. The highest BCUT2D eigenvalue weighted by atomic mass is 35.5. The average molecular weight is 368 g/mol. The van der Waals surface area contributed by atoms with Gasteiger partial charge in [0.25, 0.3) is 0 Å². The number of carbonyl (C=O) groups is 1. The zero-order valence-corrected chi connectivity index (χ0v) is 14.4. The van der Waals surface area contributed by atoms with E-state index < -0.39 is 11.8 Å². The molecule has 25 heavy (non-hydrogen) atoms. The van der Waals surface area contributed by atoms with E-state index in [1.807, 2.05) is 6.92 Å². The van der Waals surface area contributed by atoms with Crippen LogP contribution in [0.1, 0.15) is 19.8 Å². The number of hydrogen-bond acceptors (Lipinski definition) is 6. The molecule has 1 aliphatic heterocycles. The quantitative estimate of drug-likeness (QED) is 0.752. The molecule has 1 aromatic heterocycles. The van der Waals surface area contributed by atoms with Gasteiger partial charge in [-0.1, -0.05) is 23.7 Å². The third-order valence-corrected chi connectivity index (χ3v) is 4.33. The van der Waals surface area contributed by atoms with Crippen LogP contribution in [0.4, 0.5) is 4.79 Å². The van der Waals surface area contributed by atoms with Crippen molar-refractivity contribution in [1.29, 1.82) is 0 Å². The number of nitrogens with zero attached hydrogens (tertiary/aromatic N) is 5. The third-order valence-electron chi connectivity index (χ3n) is 4.01. The van der Waals surface area contributed by atoms with Gasteiger partial charge in [-0.3, -0.25) is 4.84 Å². The van der Waals surface area contributed by atoms with Crippen molar-refractivity contribution in [2.24, 2.45) is 0 Å². The summed E-state index contributed by atoms with van der Waals surface area (Å²) in [6.07, 6.45) is 0.802. The highest BCUT2D eigenvalue weighted by Gasteiger charge is 2.27. The number of amides is 1. The van der Waals surface area contributed by atoms with E-state index in [1.165, 1.54) is 0 Å². The molecular formula is C15H18ClN5O4. The molecule has 3 rings (SSSR count). The topological polar surface area (TPSA) is 91.5 Å². The van der Waals surface area contributed by atoms with E-state index in [0.717, 1.165) is 17.5 Å². The van der Waals surface area contributed by atoms with Crippen molar-refractivity contribution in [3.05, 3.63) is 39.8 Å². The van der Waals surface area contributed by atoms with E-state index in [0.29, 0.717) is 35.3 Å². The van der Waals surface area contributed by atoms with Gasteiger partial charge in [-0.2, -0.15) is 4.68 Å². The molecule has 1 aromatic carbocycles. The number of ether oxygens (including phenoxy) is 1. The molecule has 2 heterocycles. The molecule has 0 spiro atoms. The number of aromatic nitrogens is 4. The van der Waals surface area contributed by atoms with E-state index in [4.69, 9.17) is 21.2 Å². The van der Waals surface area contributed by atoms with Gasteiger partial charge in [-0.15, -0.1) is 0 Å². The summed E-state index contributed by atoms with van der Waals surface area (Å²) in [5.74, 6) is 0. The minimum Gasteiger partial charge on any atom is -0.381 e. The molecule has 1 saturated heterocycles. The summed E-state index contributed by atoms with van der Waals surface area (Å²) >= 11 is 6.06. The second kappa shape index (κ2) is 7.66. The van der Waals surface area contributed by atoms with Crippen LogP contribution in [0.15, 0.2) is 29.1 Å². The van der Waals surface area contributed by atoms with Crippen LogP contribution in [0.2, 0.25) is 5.02 Å². The first-order chi connectivity index (χ1) is 12.1. The molecule has 0 saturated carbocycles. The van der Waals surface area contributed by atoms with Crippen LogP contribution in [0, 0.1) is 0 Å². The summed E-state index contributed by atoms with van der Waals surface area (Å²) in [6.45, 7) is 3.49. The Morgan fingerprint density at radius 3 is 2.76 bits per heavy atom. The zero-order valence-electron chi connectivity index (χ0n) is 13.7. The van der Waals surface area contributed by atoms with Crippen LogP contribution >= 0.6 is 11.6 Å². The van der Waals surface area contributed by atoms with Gasteiger partial charge in [0.2, 0.25) is 0 Å². The summed E-state index contributed by atoms with van der Waals surface area (Å²) in [6, 6.07) is 6.70. The van der Waals surface area contributed by atoms with Gasteiger partial charge < -0.3 is 9.64 Å². The molecule has 0 atom stereocenters. The lowest BCUT2D eigenvalue weighted by Crippen LogP contribution is -2.48. The van der Waals surface area contributed by atoms with Crippen molar-refractivity contribution in [2.45, 2.75) is 25.8 Å². The van der Waals surface area contributed by atoms with E-state index in [2.05, 4.69) is 10.4 Å². The van der Waals surface area contributed by atoms with Crippen LogP contribution in [0.5, 0.6) is 0 Å². The molecule has 10 heteroatoms. The Morgan fingerprint density at radius 2 is 2.08 bits per heavy atom. The first kappa shape index (κ1) is 17.4. The number of hydrogen-bond donors (Lipinski definition) is 0. The van der Waals surface area contributed by atoms with Crippen molar-refractivity contribution in [3.8, 4) is 5.69 Å². The fourth-order valence-corrected chi connectivity index (χ4v) is 2.94. The number of para-hydroxylation sites is 1. The summed E-state index contributed by atoms with van der Waals surface area (Å²) in [5.41, 5.74) is -0.363. The van der Waals surface area contributed by atoms with Crippen LogP contribution in [-0.2, 0) is 4.74 Å². The molecule has 0 bridgehead atoms. The maximum atomic E-state index is 12.4. The molecule has 0 N–H and O–H groups in total. The minimum absolute atomic E-state index is 0.0144. The molecule has 0 unspecified atom stereocenters. The van der Waals surface area contributed by atoms with Gasteiger partial charge >= 0.3 is 11.8 Å². The molecule has 9 nitrogen and oxygen atoms in total. The Morgan fingerprint density at radius 1 is 1.36 bits per heavy atom. The second-order valence-corrected chi connectivity index (χ2v) is 5.89. The van der Waals surface area contributed by atoms with Gasteiger partial charge in [-0.05, 0) is 47.2 Å². The normalized spacial score (nSPS) is 15.1. The highest BCUT2D eigenvalue weighted by Crippen LogP contribution is 2.17. The fourth-order valence-electron chi connectivity index (χ4n) is 2.73. The van der Waals surface area contributed by atoms with Crippen molar-refractivity contribution >= 4 is 17.7 Å². The zero-order chi connectivity index (χ0) is 17.8. The molecule has 1 aliphatic rings. The lowest BCUT2D eigenvalue weighted by Gasteiger charge is -2.31. The first-order valence-electron chi connectivity index (χ1n) is 7.98. The summed E-state index contributed by atoms with van der Waals surface area (Å²) < 4.78 is 6.28. The molecule has 0 radical (unpaired) electrons. The first-order valence-corrected chi connectivity index (χ1v) is 8.36. The Labute approximate surface area is 148 Å². The van der Waals surface area contributed by atoms with Crippen LogP contribution < -0.4 is 10.5 Å². The summed E-state index contributed by atoms with van der Waals surface area (Å²) in [4.78, 5) is 32.0. The van der Waals surface area contributed by atoms with Gasteiger partial charge in [0.15, 0.2) is 0 Å². The lowest BCUT2D eigenvalue weighted by molar-refractivity contribution is 0.0193. The average Bonchev–Trinajstić information content (AvgIpc) is 2.97. The maximum Gasteiger partial charge on any atom is 0.436 e. The lowest BCUT2D eigenvalue weighted by atomic mass is 10.1. The minimum atomic E-state index is -0.718. The number of carbonyl (C=O) groups excluding carboxylic acids is 1. The molecular weight excluding hydrogens is 350 g/mol. The predicted molar refractivity (Wildman–Crippen MR) is 88.8 cm³/mol. The highest BCUT2D eigenvalue weighted by molar-refractivity contribution is 6.32. The Kier molecular flexibility index (Phi) is 5.34. The van der Waals surface area contributed by atoms with E-state index in [9.17, 15) is 9.59 Å². The largest absolute Gasteiger partial charge is 0.436 e. The standard InChI is InChI=1S/C15H18ClN5O4/c1-2-19(11-7-9-24-10-8-11)15(23)25-21-14(22)20(17-18-21)13-6-4-3-5-12(13)16/h3-6,11H,2,7-10H2,1H3. The Hall–Kier alpha value is -2.39. The summed E-state index contributed by atoms with van der Waals surface area (Å²) in [5, 5.41) is 7.65. The molecule has 0 aliphatic carbocycles. The summed E-state index contributed by atoms with van der Waals surface area (Å²) in [7, 11) is 0. The van der Waals surface area contributed by atoms with Gasteiger partial charge in [0, 0.05) is 25.8 Å². The fraction of sp³-hybridized carbons (Fsp3) is 0.467. The predicted octanol–water partition coefficient (Wildman–Crippen LogP) is 1.13. The van der Waals surface area contributed by atoms with Crippen molar-refractivity contribution in [1.82, 2.24) is 24.9 Å². The smallest absolute Gasteiger partial charge is 0.381 e. The maximum absolute atomic E-state index is 12.4. The Bertz CT molecular complexity index is 799. The van der Waals surface area contributed by atoms with Gasteiger partial charge in [0.05, 0.1) is 10.7 Å². The number of benzene rings is 1. The molecule has 134 valence electrons. The van der Waals surface area contributed by atoms with Crippen LogP contribution in [0.3, 0.4) is 0 Å². The van der Waals surface area contributed by atoms with Crippen molar-refractivity contribution in [2.75, 3.05) is 19.8 Å². The van der Waals surface area contributed by atoms with Crippen LogP contribution in [0.25, 0.3) is 5.69 Å². The number of tetrazole rings is 1. The molecule has 1 amide bonds. The molecule has 2 aromatic rings. The van der Waals surface area contributed by atoms with Crippen LogP contribution in [-0.4, -0.2) is 56.7 Å². The second-order valence-electron chi connectivity index (χ2n) is 5.48. The monoisotopic (exact) mass is 367 g/mol. The van der Waals surface area contributed by atoms with Gasteiger partial charge in [0.1, 0.15) is 0 Å². The Balaban J connectivity index is 1.78. The number of halogens is 1. The van der Waals surface area contributed by atoms with Gasteiger partial charge in [-0.25, -0.2) is 9.59 Å². The van der Waals surface area contributed by atoms with Crippen molar-refractivity contribution < 1.29 is 14.4 Å². The van der Waals surface area contributed by atoms with E-state index in [-0.39, 0.29) is 6.04 Å². The van der Waals surface area contributed by atoms with Crippen molar-refractivity contribution in [3.63, 3.8) is 0 Å². The SMILES string of the molecule is CCN(C(=O)On1nnn(-c2ccccc2Cl)c1=O)C1CCOCC1. The van der Waals surface area contributed by atoms with E-state index >= 15 is 0 Å². The third kappa shape index (κ3) is 3.67. The number of rotatable bonds is 4. The van der Waals surface area contributed by atoms with E-state index in [1.54, 1.807) is 29.2 Å².